The first-order valence-electron chi connectivity index (χ1n) is 4.82. The molecule has 0 atom stereocenters. The fraction of sp³-hybridized carbons (Fsp3) is 0.727. The highest BCUT2D eigenvalue weighted by Crippen LogP contribution is 2.12. The molecule has 0 aromatic rings. The molecule has 0 aromatic carbocycles. The van der Waals surface area contributed by atoms with Crippen LogP contribution in [0.4, 0.5) is 0 Å². The minimum absolute atomic E-state index is 0.0348. The molecule has 0 aliphatic rings. The summed E-state index contributed by atoms with van der Waals surface area (Å²) in [6.07, 6.45) is 0. The van der Waals surface area contributed by atoms with E-state index >= 15 is 0 Å². The molecule has 0 radical (unpaired) electrons. The molecule has 2 heteroatoms. The third-order valence-electron chi connectivity index (χ3n) is 2.12. The normalized spacial score (nSPS) is 11.1. The van der Waals surface area contributed by atoms with Crippen molar-refractivity contribution in [2.45, 2.75) is 40.7 Å². The molecule has 76 valence electrons. The van der Waals surface area contributed by atoms with Gasteiger partial charge in [0.25, 0.3) is 0 Å². The Morgan fingerprint density at radius 1 is 1.15 bits per heavy atom. The monoisotopic (exact) mass is 183 g/mol. The van der Waals surface area contributed by atoms with E-state index in [0.29, 0.717) is 17.4 Å². The molecule has 0 fully saturated rings. The lowest BCUT2D eigenvalue weighted by Crippen LogP contribution is -2.42. The Balaban J connectivity index is 4.27. The Hall–Kier alpha value is -0.790. The number of hydrogen-bond acceptors (Lipinski definition) is 1. The number of hydrogen-bond donors (Lipinski definition) is 1. The summed E-state index contributed by atoms with van der Waals surface area (Å²) >= 11 is 0. The highest BCUT2D eigenvalue weighted by atomic mass is 16.1. The number of nitrogens with one attached hydrogen (secondary N) is 1. The molecule has 0 unspecified atom stereocenters. The zero-order valence-corrected chi connectivity index (χ0v) is 9.35. The van der Waals surface area contributed by atoms with Crippen molar-refractivity contribution in [2.24, 2.45) is 11.8 Å². The van der Waals surface area contributed by atoms with Gasteiger partial charge in [-0.15, -0.1) is 0 Å². The maximum Gasteiger partial charge on any atom is 0.246 e. The quantitative estimate of drug-likeness (QED) is 0.666. The molecule has 0 saturated heterocycles. The molecule has 0 aliphatic heterocycles. The molecular weight excluding hydrogens is 162 g/mol. The summed E-state index contributed by atoms with van der Waals surface area (Å²) in [5, 5.41) is 2.98. The van der Waals surface area contributed by atoms with E-state index < -0.39 is 0 Å². The summed E-state index contributed by atoms with van der Waals surface area (Å²) in [7, 11) is 0. The van der Waals surface area contributed by atoms with Crippen LogP contribution in [0.25, 0.3) is 0 Å². The van der Waals surface area contributed by atoms with E-state index in [2.05, 4.69) is 39.6 Å². The number of carbonyl (C=O) groups excluding carboxylic acids is 1. The van der Waals surface area contributed by atoms with Crippen molar-refractivity contribution in [3.05, 3.63) is 12.2 Å². The highest BCUT2D eigenvalue weighted by molar-refractivity contribution is 5.92. The molecule has 0 aliphatic carbocycles. The van der Waals surface area contributed by atoms with Crippen LogP contribution in [0.15, 0.2) is 12.2 Å². The average molecular weight is 183 g/mol. The average Bonchev–Trinajstić information content (AvgIpc) is 1.97. The molecule has 0 aromatic heterocycles. The van der Waals surface area contributed by atoms with Gasteiger partial charge in [-0.25, -0.2) is 0 Å². The van der Waals surface area contributed by atoms with Crippen LogP contribution in [0.5, 0.6) is 0 Å². The summed E-state index contributed by atoms with van der Waals surface area (Å²) in [4.78, 5) is 11.4. The van der Waals surface area contributed by atoms with E-state index in [9.17, 15) is 4.79 Å². The van der Waals surface area contributed by atoms with E-state index in [0.717, 1.165) is 0 Å². The number of amides is 1. The van der Waals surface area contributed by atoms with Gasteiger partial charge in [0.15, 0.2) is 0 Å². The Kier molecular flexibility index (Phi) is 4.74. The zero-order chi connectivity index (χ0) is 10.6. The maximum absolute atomic E-state index is 11.4. The van der Waals surface area contributed by atoms with Crippen LogP contribution in [0.1, 0.15) is 34.6 Å². The van der Waals surface area contributed by atoms with Gasteiger partial charge in [0, 0.05) is 11.6 Å². The van der Waals surface area contributed by atoms with Gasteiger partial charge in [-0.05, 0) is 18.8 Å². The lowest BCUT2D eigenvalue weighted by atomic mass is 9.93. The third kappa shape index (κ3) is 4.11. The molecular formula is C11H21NO. The minimum Gasteiger partial charge on any atom is -0.349 e. The summed E-state index contributed by atoms with van der Waals surface area (Å²) in [6, 6.07) is 0.240. The van der Waals surface area contributed by atoms with Crippen molar-refractivity contribution in [1.29, 1.82) is 0 Å². The smallest absolute Gasteiger partial charge is 0.246 e. The maximum atomic E-state index is 11.4. The SMILES string of the molecule is C=C(C)C(=O)NC(C(C)C)C(C)C. The number of rotatable bonds is 4. The van der Waals surface area contributed by atoms with Gasteiger partial charge in [0.05, 0.1) is 0 Å². The highest BCUT2D eigenvalue weighted by Gasteiger charge is 2.19. The minimum atomic E-state index is -0.0348. The zero-order valence-electron chi connectivity index (χ0n) is 9.35. The Morgan fingerprint density at radius 3 is 1.77 bits per heavy atom. The van der Waals surface area contributed by atoms with Crippen LogP contribution in [0.3, 0.4) is 0 Å². The molecule has 0 saturated carbocycles. The second kappa shape index (κ2) is 5.05. The largest absolute Gasteiger partial charge is 0.349 e. The first kappa shape index (κ1) is 12.2. The van der Waals surface area contributed by atoms with Crippen LogP contribution in [0.2, 0.25) is 0 Å². The van der Waals surface area contributed by atoms with Crippen molar-refractivity contribution in [3.63, 3.8) is 0 Å². The summed E-state index contributed by atoms with van der Waals surface area (Å²) in [5.41, 5.74) is 0.575. The van der Waals surface area contributed by atoms with E-state index in [1.807, 2.05) is 0 Å². The molecule has 13 heavy (non-hydrogen) atoms. The van der Waals surface area contributed by atoms with Crippen molar-refractivity contribution in [1.82, 2.24) is 5.32 Å². The van der Waals surface area contributed by atoms with Crippen LogP contribution in [-0.2, 0) is 4.79 Å². The molecule has 0 bridgehead atoms. The lowest BCUT2D eigenvalue weighted by molar-refractivity contribution is -0.118. The van der Waals surface area contributed by atoms with Gasteiger partial charge in [0.1, 0.15) is 0 Å². The third-order valence-corrected chi connectivity index (χ3v) is 2.12. The second-order valence-electron chi connectivity index (χ2n) is 4.27. The molecule has 1 N–H and O–H groups in total. The fourth-order valence-corrected chi connectivity index (χ4v) is 1.38. The van der Waals surface area contributed by atoms with E-state index in [-0.39, 0.29) is 11.9 Å². The molecule has 0 spiro atoms. The van der Waals surface area contributed by atoms with Crippen molar-refractivity contribution in [3.8, 4) is 0 Å². The van der Waals surface area contributed by atoms with E-state index in [1.165, 1.54) is 0 Å². The van der Waals surface area contributed by atoms with Crippen molar-refractivity contribution < 1.29 is 4.79 Å². The molecule has 0 rings (SSSR count). The first-order valence-corrected chi connectivity index (χ1v) is 4.82. The molecule has 0 heterocycles. The van der Waals surface area contributed by atoms with Gasteiger partial charge in [-0.3, -0.25) is 4.79 Å². The van der Waals surface area contributed by atoms with Crippen LogP contribution >= 0.6 is 0 Å². The van der Waals surface area contributed by atoms with Crippen molar-refractivity contribution in [2.75, 3.05) is 0 Å². The van der Waals surface area contributed by atoms with E-state index in [4.69, 9.17) is 0 Å². The lowest BCUT2D eigenvalue weighted by Gasteiger charge is -2.26. The van der Waals surface area contributed by atoms with Crippen LogP contribution in [0, 0.1) is 11.8 Å². The van der Waals surface area contributed by atoms with Gasteiger partial charge >= 0.3 is 0 Å². The molecule has 1 amide bonds. The topological polar surface area (TPSA) is 29.1 Å². The van der Waals surface area contributed by atoms with Gasteiger partial charge in [0.2, 0.25) is 5.91 Å². The summed E-state index contributed by atoms with van der Waals surface area (Å²) in [6.45, 7) is 13.8. The molecule has 2 nitrogen and oxygen atoms in total. The second-order valence-corrected chi connectivity index (χ2v) is 4.27. The van der Waals surface area contributed by atoms with Crippen molar-refractivity contribution >= 4 is 5.91 Å². The number of carbonyl (C=O) groups is 1. The Bertz CT molecular complexity index is 186. The standard InChI is InChI=1S/C11H21NO/c1-7(2)10(8(3)4)12-11(13)9(5)6/h7-8,10H,5H2,1-4,6H3,(H,12,13). The van der Waals surface area contributed by atoms with E-state index in [1.54, 1.807) is 6.92 Å². The Labute approximate surface area is 81.4 Å². The predicted molar refractivity (Wildman–Crippen MR) is 56.4 cm³/mol. The summed E-state index contributed by atoms with van der Waals surface area (Å²) < 4.78 is 0. The van der Waals surface area contributed by atoms with Crippen LogP contribution in [-0.4, -0.2) is 11.9 Å². The van der Waals surface area contributed by atoms with Gasteiger partial charge in [-0.2, -0.15) is 0 Å². The predicted octanol–water partition coefficient (Wildman–Crippen LogP) is 2.36. The van der Waals surface area contributed by atoms with Crippen LogP contribution < -0.4 is 5.32 Å². The first-order chi connectivity index (χ1) is 5.86. The van der Waals surface area contributed by atoms with Gasteiger partial charge < -0.3 is 5.32 Å². The van der Waals surface area contributed by atoms with Gasteiger partial charge in [-0.1, -0.05) is 34.3 Å². The summed E-state index contributed by atoms with van der Waals surface area (Å²) in [5.74, 6) is 0.888. The Morgan fingerprint density at radius 2 is 1.54 bits per heavy atom. The fourth-order valence-electron chi connectivity index (χ4n) is 1.38.